The number of hydrogen-bond donors (Lipinski definition) is 1. The molecule has 118 valence electrons. The molecule has 1 aromatic rings. The topological polar surface area (TPSA) is 49.7 Å². The second-order valence-electron chi connectivity index (χ2n) is 5.55. The van der Waals surface area contributed by atoms with E-state index in [1.165, 1.54) is 5.56 Å². The second kappa shape index (κ2) is 8.17. The van der Waals surface area contributed by atoms with Crippen LogP contribution < -0.4 is 5.32 Å². The smallest absolute Gasteiger partial charge is 0.242 e. The Balaban J connectivity index is 1.75. The van der Waals surface area contributed by atoms with Crippen LogP contribution in [0.5, 0.6) is 0 Å². The minimum Gasteiger partial charge on any atom is -0.383 e. The van der Waals surface area contributed by atoms with Gasteiger partial charge in [0, 0.05) is 58.8 Å². The average molecular weight is 294 g/mol. The second-order valence-corrected chi connectivity index (χ2v) is 5.55. The summed E-state index contributed by atoms with van der Waals surface area (Å²) in [4.78, 5) is 16.4. The van der Waals surface area contributed by atoms with Gasteiger partial charge >= 0.3 is 0 Å². The van der Waals surface area contributed by atoms with Gasteiger partial charge in [0.1, 0.15) is 6.54 Å². The highest BCUT2D eigenvalue weighted by Gasteiger charge is 2.18. The molecule has 1 N–H and O–H groups in total. The first-order chi connectivity index (χ1) is 10.2. The van der Waals surface area contributed by atoms with Gasteiger partial charge in [-0.1, -0.05) is 0 Å². The number of hydrogen-bond acceptors (Lipinski definition) is 4. The van der Waals surface area contributed by atoms with Gasteiger partial charge in [0.25, 0.3) is 0 Å². The molecule has 1 aliphatic heterocycles. The summed E-state index contributed by atoms with van der Waals surface area (Å²) in [5.41, 5.74) is 1.19. The van der Waals surface area contributed by atoms with Crippen molar-refractivity contribution in [2.24, 2.45) is 0 Å². The summed E-state index contributed by atoms with van der Waals surface area (Å²) >= 11 is 0. The predicted molar refractivity (Wildman–Crippen MR) is 82.1 cm³/mol. The lowest BCUT2D eigenvalue weighted by atomic mass is 10.3. The largest absolute Gasteiger partial charge is 0.383 e. The van der Waals surface area contributed by atoms with Gasteiger partial charge in [0.15, 0.2) is 0 Å². The van der Waals surface area contributed by atoms with Crippen molar-refractivity contribution in [2.75, 3.05) is 53.5 Å². The molecule has 0 radical (unpaired) electrons. The number of nitrogens with one attached hydrogen (secondary N) is 1. The van der Waals surface area contributed by atoms with Gasteiger partial charge in [0.05, 0.1) is 6.61 Å². The van der Waals surface area contributed by atoms with Crippen molar-refractivity contribution in [3.05, 3.63) is 24.0 Å². The molecule has 0 unspecified atom stereocenters. The molecule has 0 saturated carbocycles. The van der Waals surface area contributed by atoms with Gasteiger partial charge in [0.2, 0.25) is 5.91 Å². The summed E-state index contributed by atoms with van der Waals surface area (Å²) in [6.45, 7) is 6.38. The lowest BCUT2D eigenvalue weighted by molar-refractivity contribution is -0.133. The van der Waals surface area contributed by atoms with Gasteiger partial charge in [-0.2, -0.15) is 0 Å². The fraction of sp³-hybridized carbons (Fsp3) is 0.667. The van der Waals surface area contributed by atoms with E-state index in [-0.39, 0.29) is 5.91 Å². The maximum Gasteiger partial charge on any atom is 0.242 e. The summed E-state index contributed by atoms with van der Waals surface area (Å²) in [7, 11) is 3.79. The van der Waals surface area contributed by atoms with Crippen molar-refractivity contribution in [1.82, 2.24) is 19.7 Å². The van der Waals surface area contributed by atoms with E-state index in [9.17, 15) is 4.79 Å². The highest BCUT2D eigenvalue weighted by atomic mass is 16.5. The third-order valence-corrected chi connectivity index (χ3v) is 3.80. The monoisotopic (exact) mass is 294 g/mol. The first kappa shape index (κ1) is 16.0. The van der Waals surface area contributed by atoms with Gasteiger partial charge in [-0.25, -0.2) is 0 Å². The lowest BCUT2D eigenvalue weighted by Gasteiger charge is -2.32. The SMILES string of the molecule is COCCNCc1ccn(CC(=O)N2CCN(C)CC2)c1. The van der Waals surface area contributed by atoms with Crippen LogP contribution in [-0.4, -0.2) is 73.8 Å². The number of carbonyl (C=O) groups is 1. The van der Waals surface area contributed by atoms with E-state index < -0.39 is 0 Å². The number of rotatable bonds is 7. The Morgan fingerprint density at radius 3 is 2.81 bits per heavy atom. The van der Waals surface area contributed by atoms with Crippen LogP contribution in [0.25, 0.3) is 0 Å². The Bertz CT molecular complexity index is 439. The number of aromatic nitrogens is 1. The molecule has 2 heterocycles. The number of amides is 1. The average Bonchev–Trinajstić information content (AvgIpc) is 2.92. The molecule has 1 amide bonds. The maximum absolute atomic E-state index is 12.2. The summed E-state index contributed by atoms with van der Waals surface area (Å²) in [6, 6.07) is 2.05. The van der Waals surface area contributed by atoms with Crippen LogP contribution in [0.3, 0.4) is 0 Å². The minimum atomic E-state index is 0.206. The summed E-state index contributed by atoms with van der Waals surface area (Å²) in [6.07, 6.45) is 4.01. The van der Waals surface area contributed by atoms with Crippen molar-refractivity contribution in [1.29, 1.82) is 0 Å². The zero-order valence-corrected chi connectivity index (χ0v) is 13.0. The molecule has 1 aliphatic rings. The third kappa shape index (κ3) is 5.15. The van der Waals surface area contributed by atoms with Crippen molar-refractivity contribution in [2.45, 2.75) is 13.1 Å². The molecule has 0 spiro atoms. The van der Waals surface area contributed by atoms with Crippen LogP contribution in [0.2, 0.25) is 0 Å². The lowest BCUT2D eigenvalue weighted by Crippen LogP contribution is -2.48. The van der Waals surface area contributed by atoms with Gasteiger partial charge in [-0.05, 0) is 18.7 Å². The van der Waals surface area contributed by atoms with Crippen LogP contribution >= 0.6 is 0 Å². The molecule has 0 bridgehead atoms. The van der Waals surface area contributed by atoms with E-state index in [1.54, 1.807) is 7.11 Å². The molecule has 6 nitrogen and oxygen atoms in total. The molecule has 0 aromatic carbocycles. The van der Waals surface area contributed by atoms with Gasteiger partial charge in [-0.3, -0.25) is 4.79 Å². The highest BCUT2D eigenvalue weighted by Crippen LogP contribution is 2.04. The van der Waals surface area contributed by atoms with E-state index in [2.05, 4.69) is 23.3 Å². The molecule has 1 fully saturated rings. The van der Waals surface area contributed by atoms with Crippen molar-refractivity contribution in [3.63, 3.8) is 0 Å². The molecule has 2 rings (SSSR count). The van der Waals surface area contributed by atoms with Gasteiger partial charge < -0.3 is 24.4 Å². The van der Waals surface area contributed by atoms with E-state index in [0.717, 1.165) is 39.3 Å². The van der Waals surface area contributed by atoms with Crippen LogP contribution in [0.4, 0.5) is 0 Å². The Morgan fingerprint density at radius 2 is 2.10 bits per heavy atom. The molecule has 1 saturated heterocycles. The first-order valence-corrected chi connectivity index (χ1v) is 7.49. The fourth-order valence-electron chi connectivity index (χ4n) is 2.41. The number of ether oxygens (including phenoxy) is 1. The zero-order valence-electron chi connectivity index (χ0n) is 13.0. The fourth-order valence-corrected chi connectivity index (χ4v) is 2.41. The first-order valence-electron chi connectivity index (χ1n) is 7.49. The quantitative estimate of drug-likeness (QED) is 0.719. The summed E-state index contributed by atoms with van der Waals surface area (Å²) in [5, 5.41) is 3.30. The molecule has 6 heteroatoms. The number of methoxy groups -OCH3 is 1. The van der Waals surface area contributed by atoms with Crippen LogP contribution in [0.15, 0.2) is 18.5 Å². The third-order valence-electron chi connectivity index (χ3n) is 3.80. The zero-order chi connectivity index (χ0) is 15.1. The standard InChI is InChI=1S/C15H26N4O2/c1-17-6-8-19(9-7-17)15(20)13-18-5-3-14(12-18)11-16-4-10-21-2/h3,5,12,16H,4,6-11,13H2,1-2H3. The molecule has 21 heavy (non-hydrogen) atoms. The van der Waals surface area contributed by atoms with Crippen LogP contribution in [0.1, 0.15) is 5.56 Å². The predicted octanol–water partition coefficient (Wildman–Crippen LogP) is -0.00190. The molecular weight excluding hydrogens is 268 g/mol. The normalized spacial score (nSPS) is 16.4. The Morgan fingerprint density at radius 1 is 1.33 bits per heavy atom. The van der Waals surface area contributed by atoms with Crippen molar-refractivity contribution < 1.29 is 9.53 Å². The van der Waals surface area contributed by atoms with E-state index in [4.69, 9.17) is 4.74 Å². The van der Waals surface area contributed by atoms with Crippen molar-refractivity contribution >= 4 is 5.91 Å². The number of likely N-dealkylation sites (N-methyl/N-ethyl adjacent to an activating group) is 1. The number of nitrogens with zero attached hydrogens (tertiary/aromatic N) is 3. The molecule has 1 aromatic heterocycles. The number of carbonyl (C=O) groups excluding carboxylic acids is 1. The molecule has 0 atom stereocenters. The Hall–Kier alpha value is -1.37. The Kier molecular flexibility index (Phi) is 6.22. The van der Waals surface area contributed by atoms with E-state index in [1.807, 2.05) is 21.9 Å². The van der Waals surface area contributed by atoms with Crippen LogP contribution in [0, 0.1) is 0 Å². The van der Waals surface area contributed by atoms with Gasteiger partial charge in [-0.15, -0.1) is 0 Å². The van der Waals surface area contributed by atoms with Crippen LogP contribution in [-0.2, 0) is 22.6 Å². The highest BCUT2D eigenvalue weighted by molar-refractivity contribution is 5.76. The minimum absolute atomic E-state index is 0.206. The van der Waals surface area contributed by atoms with E-state index >= 15 is 0 Å². The summed E-state index contributed by atoms with van der Waals surface area (Å²) < 4.78 is 6.96. The molecule has 0 aliphatic carbocycles. The molecular formula is C15H26N4O2. The Labute approximate surface area is 126 Å². The van der Waals surface area contributed by atoms with Crippen molar-refractivity contribution in [3.8, 4) is 0 Å². The van der Waals surface area contributed by atoms with E-state index in [0.29, 0.717) is 13.2 Å². The number of piperazine rings is 1. The maximum atomic E-state index is 12.2. The summed E-state index contributed by atoms with van der Waals surface area (Å²) in [5.74, 6) is 0.206.